The predicted molar refractivity (Wildman–Crippen MR) is 70.1 cm³/mol. The predicted octanol–water partition coefficient (Wildman–Crippen LogP) is 2.28. The van der Waals surface area contributed by atoms with E-state index in [0.717, 1.165) is 13.0 Å². The fourth-order valence-corrected chi connectivity index (χ4v) is 3.71. The van der Waals surface area contributed by atoms with E-state index in [9.17, 15) is 5.11 Å². The molecule has 0 bridgehead atoms. The van der Waals surface area contributed by atoms with Gasteiger partial charge in [-0.2, -0.15) is 11.8 Å². The number of thioether (sulfide) groups is 1. The molecule has 1 saturated heterocycles. The first-order valence-electron chi connectivity index (χ1n) is 5.88. The number of rotatable bonds is 4. The Morgan fingerprint density at radius 1 is 1.44 bits per heavy atom. The molecule has 2 unspecified atom stereocenters. The van der Waals surface area contributed by atoms with Crippen LogP contribution in [-0.2, 0) is 6.42 Å². The molecule has 1 aliphatic rings. The van der Waals surface area contributed by atoms with Gasteiger partial charge < -0.3 is 10.4 Å². The van der Waals surface area contributed by atoms with Gasteiger partial charge in [0.05, 0.1) is 0 Å². The van der Waals surface area contributed by atoms with Gasteiger partial charge in [-0.05, 0) is 42.3 Å². The summed E-state index contributed by atoms with van der Waals surface area (Å²) >= 11 is 2.03. The average Bonchev–Trinajstić information content (AvgIpc) is 2.66. The quantitative estimate of drug-likeness (QED) is 0.842. The molecule has 0 radical (unpaired) electrons. The first-order valence-corrected chi connectivity index (χ1v) is 7.04. The van der Waals surface area contributed by atoms with Gasteiger partial charge in [0.25, 0.3) is 0 Å². The van der Waals surface area contributed by atoms with Gasteiger partial charge in [-0.3, -0.25) is 0 Å². The molecule has 3 heteroatoms. The van der Waals surface area contributed by atoms with Crippen LogP contribution in [0.3, 0.4) is 0 Å². The molecular formula is C13H19NOS. The van der Waals surface area contributed by atoms with E-state index in [1.807, 2.05) is 23.9 Å². The average molecular weight is 237 g/mol. The van der Waals surface area contributed by atoms with Gasteiger partial charge in [-0.15, -0.1) is 0 Å². The van der Waals surface area contributed by atoms with Crippen LogP contribution in [0.2, 0.25) is 0 Å². The molecular weight excluding hydrogens is 218 g/mol. The van der Waals surface area contributed by atoms with Crippen LogP contribution >= 0.6 is 11.8 Å². The van der Waals surface area contributed by atoms with Crippen molar-refractivity contribution < 1.29 is 5.11 Å². The Bertz CT molecular complexity index is 342. The molecule has 1 aromatic rings. The molecule has 0 saturated carbocycles. The summed E-state index contributed by atoms with van der Waals surface area (Å²) in [7, 11) is 0. The molecule has 16 heavy (non-hydrogen) atoms. The van der Waals surface area contributed by atoms with Crippen molar-refractivity contribution >= 4 is 11.8 Å². The Kier molecular flexibility index (Phi) is 4.13. The number of aromatic hydroxyl groups is 1. The van der Waals surface area contributed by atoms with Crippen molar-refractivity contribution in [2.24, 2.45) is 5.92 Å². The Labute approximate surface area is 101 Å². The molecule has 2 atom stereocenters. The van der Waals surface area contributed by atoms with E-state index < -0.39 is 0 Å². The highest BCUT2D eigenvalue weighted by Crippen LogP contribution is 2.28. The van der Waals surface area contributed by atoms with E-state index in [1.54, 1.807) is 6.07 Å². The van der Waals surface area contributed by atoms with Crippen LogP contribution in [0.5, 0.6) is 5.75 Å². The highest BCUT2D eigenvalue weighted by molar-refractivity contribution is 7.99. The second kappa shape index (κ2) is 5.60. The van der Waals surface area contributed by atoms with Crippen LogP contribution in [0, 0.1) is 5.92 Å². The molecule has 0 aliphatic carbocycles. The van der Waals surface area contributed by atoms with Gasteiger partial charge >= 0.3 is 0 Å². The lowest BCUT2D eigenvalue weighted by molar-refractivity contribution is 0.432. The number of phenols is 1. The normalized spacial score (nSPS) is 24.8. The molecule has 2 rings (SSSR count). The molecule has 1 heterocycles. The van der Waals surface area contributed by atoms with Crippen LogP contribution in [-0.4, -0.2) is 29.2 Å². The largest absolute Gasteiger partial charge is 0.508 e. The molecule has 1 aromatic carbocycles. The first kappa shape index (κ1) is 11.8. The van der Waals surface area contributed by atoms with Gasteiger partial charge in [-0.25, -0.2) is 0 Å². The second-order valence-corrected chi connectivity index (χ2v) is 5.41. The lowest BCUT2D eigenvalue weighted by Crippen LogP contribution is -2.36. The van der Waals surface area contributed by atoms with Crippen molar-refractivity contribution in [3.8, 4) is 5.75 Å². The third-order valence-electron chi connectivity index (χ3n) is 3.07. The van der Waals surface area contributed by atoms with Crippen molar-refractivity contribution in [2.45, 2.75) is 19.4 Å². The van der Waals surface area contributed by atoms with E-state index in [-0.39, 0.29) is 0 Å². The SMILES string of the molecule is CCNC1CSCC1Cc1cccc(O)c1. The number of hydrogen-bond acceptors (Lipinski definition) is 3. The standard InChI is InChI=1S/C13H19NOS/c1-2-14-13-9-16-8-11(13)6-10-4-3-5-12(15)7-10/h3-5,7,11,13-15H,2,6,8-9H2,1H3. The van der Waals surface area contributed by atoms with E-state index in [1.165, 1.54) is 17.1 Å². The van der Waals surface area contributed by atoms with Crippen LogP contribution in [0.4, 0.5) is 0 Å². The Morgan fingerprint density at radius 3 is 3.06 bits per heavy atom. The van der Waals surface area contributed by atoms with E-state index in [0.29, 0.717) is 17.7 Å². The van der Waals surface area contributed by atoms with Gasteiger partial charge in [-0.1, -0.05) is 19.1 Å². The van der Waals surface area contributed by atoms with Crippen LogP contribution in [0.1, 0.15) is 12.5 Å². The molecule has 0 aromatic heterocycles. The van der Waals surface area contributed by atoms with E-state index in [4.69, 9.17) is 0 Å². The summed E-state index contributed by atoms with van der Waals surface area (Å²) in [6.07, 6.45) is 1.07. The van der Waals surface area contributed by atoms with Gasteiger partial charge in [0.1, 0.15) is 5.75 Å². The van der Waals surface area contributed by atoms with Crippen LogP contribution in [0.15, 0.2) is 24.3 Å². The third-order valence-corrected chi connectivity index (χ3v) is 4.33. The number of benzene rings is 1. The van der Waals surface area contributed by atoms with E-state index >= 15 is 0 Å². The maximum absolute atomic E-state index is 9.44. The maximum Gasteiger partial charge on any atom is 0.115 e. The molecule has 0 spiro atoms. The summed E-state index contributed by atoms with van der Waals surface area (Å²) in [5.41, 5.74) is 1.25. The maximum atomic E-state index is 9.44. The van der Waals surface area contributed by atoms with Crippen LogP contribution in [0.25, 0.3) is 0 Å². The van der Waals surface area contributed by atoms with Gasteiger partial charge in [0, 0.05) is 11.8 Å². The summed E-state index contributed by atoms with van der Waals surface area (Å²) in [6, 6.07) is 8.28. The summed E-state index contributed by atoms with van der Waals surface area (Å²) in [4.78, 5) is 0. The zero-order valence-corrected chi connectivity index (χ0v) is 10.5. The summed E-state index contributed by atoms with van der Waals surface area (Å²) < 4.78 is 0. The van der Waals surface area contributed by atoms with Crippen molar-refractivity contribution in [2.75, 3.05) is 18.1 Å². The van der Waals surface area contributed by atoms with Crippen molar-refractivity contribution in [1.29, 1.82) is 0 Å². The minimum atomic E-state index is 0.378. The molecule has 88 valence electrons. The monoisotopic (exact) mass is 237 g/mol. The Hall–Kier alpha value is -0.670. The van der Waals surface area contributed by atoms with Gasteiger partial charge in [0.15, 0.2) is 0 Å². The highest BCUT2D eigenvalue weighted by Gasteiger charge is 2.26. The summed E-state index contributed by atoms with van der Waals surface area (Å²) in [5.74, 6) is 3.53. The molecule has 0 amide bonds. The molecule has 2 nitrogen and oxygen atoms in total. The Morgan fingerprint density at radius 2 is 2.31 bits per heavy atom. The smallest absolute Gasteiger partial charge is 0.115 e. The number of nitrogens with one attached hydrogen (secondary N) is 1. The minimum absolute atomic E-state index is 0.378. The number of phenolic OH excluding ortho intramolecular Hbond substituents is 1. The lowest BCUT2D eigenvalue weighted by atomic mass is 9.95. The topological polar surface area (TPSA) is 32.3 Å². The van der Waals surface area contributed by atoms with Crippen molar-refractivity contribution in [3.05, 3.63) is 29.8 Å². The highest BCUT2D eigenvalue weighted by atomic mass is 32.2. The van der Waals surface area contributed by atoms with Crippen molar-refractivity contribution in [1.82, 2.24) is 5.32 Å². The van der Waals surface area contributed by atoms with E-state index in [2.05, 4.69) is 18.3 Å². The fourth-order valence-electron chi connectivity index (χ4n) is 2.27. The zero-order valence-electron chi connectivity index (χ0n) is 9.65. The van der Waals surface area contributed by atoms with Crippen molar-refractivity contribution in [3.63, 3.8) is 0 Å². The first-order chi connectivity index (χ1) is 7.79. The second-order valence-electron chi connectivity index (χ2n) is 4.34. The fraction of sp³-hybridized carbons (Fsp3) is 0.538. The molecule has 1 aliphatic heterocycles. The minimum Gasteiger partial charge on any atom is -0.508 e. The Balaban J connectivity index is 1.98. The van der Waals surface area contributed by atoms with Gasteiger partial charge in [0.2, 0.25) is 0 Å². The third kappa shape index (κ3) is 2.92. The lowest BCUT2D eigenvalue weighted by Gasteiger charge is -2.19. The number of hydrogen-bond donors (Lipinski definition) is 2. The zero-order chi connectivity index (χ0) is 11.4. The molecule has 2 N–H and O–H groups in total. The summed E-state index contributed by atoms with van der Waals surface area (Å²) in [5, 5.41) is 13.0. The summed E-state index contributed by atoms with van der Waals surface area (Å²) in [6.45, 7) is 3.20. The molecule has 1 fully saturated rings. The van der Waals surface area contributed by atoms with Crippen LogP contribution < -0.4 is 5.32 Å².